The molecule has 2 aliphatic carbocycles. The van der Waals surface area contributed by atoms with Crippen LogP contribution in [0.5, 0.6) is 0 Å². The van der Waals surface area contributed by atoms with Gasteiger partial charge in [-0.15, -0.1) is 0 Å². The summed E-state index contributed by atoms with van der Waals surface area (Å²) < 4.78 is 27.3. The quantitative estimate of drug-likeness (QED) is 0.0926. The predicted octanol–water partition coefficient (Wildman–Crippen LogP) is 10.7. The van der Waals surface area contributed by atoms with E-state index in [1.165, 1.54) is 24.3 Å². The zero-order chi connectivity index (χ0) is 39.8. The summed E-state index contributed by atoms with van der Waals surface area (Å²) in [5.41, 5.74) is 7.21. The lowest BCUT2D eigenvalue weighted by atomic mass is 9.99. The summed E-state index contributed by atoms with van der Waals surface area (Å²) in [7, 11) is -3.96. The Kier molecular flexibility index (Phi) is 9.51. The van der Waals surface area contributed by atoms with Crippen molar-refractivity contribution in [3.05, 3.63) is 201 Å². The maximum absolute atomic E-state index is 13.7. The van der Waals surface area contributed by atoms with Crippen molar-refractivity contribution in [2.45, 2.75) is 19.6 Å². The van der Waals surface area contributed by atoms with Gasteiger partial charge in [-0.3, -0.25) is 9.59 Å². The van der Waals surface area contributed by atoms with Gasteiger partial charge < -0.3 is 0 Å². The molecule has 0 N–H and O–H groups in total. The number of carbonyl (C=O) groups is 2. The first-order valence-electron chi connectivity index (χ1n) is 17.1. The van der Waals surface area contributed by atoms with Gasteiger partial charge >= 0.3 is 0 Å². The molecule has 6 aromatic carbocycles. The third-order valence-electron chi connectivity index (χ3n) is 9.64. The van der Waals surface area contributed by atoms with E-state index in [1.807, 2.05) is 60.7 Å². The molecule has 2 aliphatic rings. The van der Waals surface area contributed by atoms with Gasteiger partial charge in [0.05, 0.1) is 35.1 Å². The molecule has 0 saturated heterocycles. The van der Waals surface area contributed by atoms with E-state index in [4.69, 9.17) is 13.1 Å². The standard InChI is InChI=1S/C46H22N4O4S3/c1-49-39(25-47)43-33-11-5-3-9-31(33)41-35(43)13-7-15-37(41)45(51)55-27-17-21-29(22-18-27)57(53,54)30-23-19-28(20-24-30)56-46(52)38-16-8-14-36-42(38)32-10-4-6-12-34(32)44(36)40(26-48)50-2/h3-24H. The highest BCUT2D eigenvalue weighted by atomic mass is 32.2. The third kappa shape index (κ3) is 6.23. The van der Waals surface area contributed by atoms with Crippen LogP contribution >= 0.6 is 23.5 Å². The van der Waals surface area contributed by atoms with Crippen molar-refractivity contribution in [2.24, 2.45) is 0 Å². The van der Waals surface area contributed by atoms with Crippen LogP contribution in [0.25, 0.3) is 43.1 Å². The second kappa shape index (κ2) is 14.8. The number of benzene rings is 6. The zero-order valence-corrected chi connectivity index (χ0v) is 31.8. The Bertz CT molecular complexity index is 2870. The summed E-state index contributed by atoms with van der Waals surface area (Å²) in [6.45, 7) is 15.1. The molecule has 0 saturated carbocycles. The minimum atomic E-state index is -3.96. The third-order valence-corrected chi connectivity index (χ3v) is 13.2. The second-order valence-corrected chi connectivity index (χ2v) is 16.7. The van der Waals surface area contributed by atoms with Crippen LogP contribution < -0.4 is 0 Å². The molecule has 0 unspecified atom stereocenters. The van der Waals surface area contributed by atoms with Crippen molar-refractivity contribution in [2.75, 3.05) is 0 Å². The van der Waals surface area contributed by atoms with E-state index in [-0.39, 0.29) is 31.4 Å². The highest BCUT2D eigenvalue weighted by molar-refractivity contribution is 8.14. The van der Waals surface area contributed by atoms with Gasteiger partial charge in [-0.2, -0.15) is 0 Å². The van der Waals surface area contributed by atoms with E-state index < -0.39 is 9.84 Å². The monoisotopic (exact) mass is 790 g/mol. The summed E-state index contributed by atoms with van der Waals surface area (Å²) in [5, 5.41) is 18.8. The summed E-state index contributed by atoms with van der Waals surface area (Å²) in [6, 6.07) is 41.2. The van der Waals surface area contributed by atoms with Crippen LogP contribution in [-0.4, -0.2) is 18.6 Å². The van der Waals surface area contributed by atoms with E-state index >= 15 is 0 Å². The molecule has 0 amide bonds. The van der Waals surface area contributed by atoms with Gasteiger partial charge in [0.2, 0.25) is 20.1 Å². The topological polar surface area (TPSA) is 125 Å². The number of nitrogens with zero attached hydrogens (tertiary/aromatic N) is 4. The number of fused-ring (bicyclic) bond motifs is 6. The molecule has 0 radical (unpaired) electrons. The zero-order valence-electron chi connectivity index (χ0n) is 29.3. The van der Waals surface area contributed by atoms with Crippen LogP contribution in [0.4, 0.5) is 0 Å². The van der Waals surface area contributed by atoms with Crippen LogP contribution in [-0.2, 0) is 9.84 Å². The molecule has 0 spiro atoms. The van der Waals surface area contributed by atoms with Crippen LogP contribution in [0.1, 0.15) is 43.0 Å². The number of thioether (sulfide) groups is 2. The molecular weight excluding hydrogens is 769 g/mol. The van der Waals surface area contributed by atoms with Crippen LogP contribution in [0, 0.1) is 35.8 Å². The van der Waals surface area contributed by atoms with Crippen LogP contribution in [0.3, 0.4) is 0 Å². The van der Waals surface area contributed by atoms with Crippen LogP contribution in [0.15, 0.2) is 164 Å². The van der Waals surface area contributed by atoms with Gasteiger partial charge in [0.25, 0.3) is 11.4 Å². The van der Waals surface area contributed by atoms with Gasteiger partial charge in [0, 0.05) is 43.2 Å². The number of carbonyl (C=O) groups excluding carboxylic acids is 2. The van der Waals surface area contributed by atoms with Gasteiger partial charge in [0.15, 0.2) is 0 Å². The molecule has 0 aromatic heterocycles. The first-order chi connectivity index (χ1) is 27.7. The Labute approximate surface area is 336 Å². The average Bonchev–Trinajstić information content (AvgIpc) is 3.76. The maximum Gasteiger partial charge on any atom is 0.270 e. The molecule has 0 heterocycles. The van der Waals surface area contributed by atoms with E-state index in [0.29, 0.717) is 65.4 Å². The summed E-state index contributed by atoms with van der Waals surface area (Å²) in [6.07, 6.45) is 0. The van der Waals surface area contributed by atoms with Crippen molar-refractivity contribution >= 4 is 54.7 Å². The van der Waals surface area contributed by atoms with Crippen molar-refractivity contribution in [3.8, 4) is 34.4 Å². The highest BCUT2D eigenvalue weighted by Crippen LogP contribution is 2.50. The van der Waals surface area contributed by atoms with Crippen molar-refractivity contribution in [1.82, 2.24) is 0 Å². The Morgan fingerprint density at radius 1 is 0.491 bits per heavy atom. The van der Waals surface area contributed by atoms with E-state index in [1.54, 1.807) is 60.7 Å². The molecule has 0 atom stereocenters. The largest absolute Gasteiger partial charge is 0.281 e. The minimum absolute atomic E-state index is 0.0294. The minimum Gasteiger partial charge on any atom is -0.281 e. The molecular formula is C46H22N4O4S3. The Morgan fingerprint density at radius 3 is 1.19 bits per heavy atom. The number of hydrogen-bond donors (Lipinski definition) is 0. The molecule has 57 heavy (non-hydrogen) atoms. The number of rotatable bonds is 6. The predicted molar refractivity (Wildman–Crippen MR) is 219 cm³/mol. The fraction of sp³-hybridized carbons (Fsp3) is 0. The van der Waals surface area contributed by atoms with Crippen molar-refractivity contribution in [3.63, 3.8) is 0 Å². The second-order valence-electron chi connectivity index (χ2n) is 12.7. The highest BCUT2D eigenvalue weighted by Gasteiger charge is 2.32. The molecule has 11 heteroatoms. The lowest BCUT2D eigenvalue weighted by Crippen LogP contribution is -2.02. The SMILES string of the molecule is [C-]#[N+]C(C#N)=C1c2ccccc2-c2c(C(=O)Sc3ccc(S(=O)(=O)c4ccc(SC(=O)c5cccc6c5-c5ccccc5C6=C(C#N)[N+]#[C-])cc4)cc3)cccc21. The summed E-state index contributed by atoms with van der Waals surface area (Å²) in [5.74, 6) is 0. The summed E-state index contributed by atoms with van der Waals surface area (Å²) >= 11 is 1.89. The normalized spacial score (nSPS) is 13.7. The molecule has 8 rings (SSSR count). The summed E-state index contributed by atoms with van der Waals surface area (Å²) in [4.78, 5) is 35.4. The number of hydrogen-bond acceptors (Lipinski definition) is 8. The number of allylic oxidation sites excluding steroid dienone is 2. The molecule has 8 nitrogen and oxygen atoms in total. The van der Waals surface area contributed by atoms with Crippen LogP contribution in [0.2, 0.25) is 0 Å². The smallest absolute Gasteiger partial charge is 0.270 e. The van der Waals surface area contributed by atoms with Gasteiger partial charge in [-0.1, -0.05) is 72.8 Å². The lowest BCUT2D eigenvalue weighted by molar-refractivity contribution is 0.108. The maximum atomic E-state index is 13.7. The molecule has 0 aliphatic heterocycles. The molecule has 268 valence electrons. The fourth-order valence-corrected chi connectivity index (χ4v) is 9.98. The number of nitriles is 2. The Morgan fingerprint density at radius 2 is 0.842 bits per heavy atom. The molecule has 0 fully saturated rings. The number of sulfone groups is 1. The lowest BCUT2D eigenvalue weighted by Gasteiger charge is -2.10. The van der Waals surface area contributed by atoms with Crippen molar-refractivity contribution < 1.29 is 18.0 Å². The van der Waals surface area contributed by atoms with E-state index in [0.717, 1.165) is 34.7 Å². The molecule has 6 aromatic rings. The Balaban J connectivity index is 1.01. The van der Waals surface area contributed by atoms with Gasteiger partial charge in [-0.05, 0) is 118 Å². The molecule has 0 bridgehead atoms. The van der Waals surface area contributed by atoms with Crippen molar-refractivity contribution in [1.29, 1.82) is 10.5 Å². The van der Waals surface area contributed by atoms with E-state index in [9.17, 15) is 28.5 Å². The first-order valence-corrected chi connectivity index (χ1v) is 20.2. The van der Waals surface area contributed by atoms with Gasteiger partial charge in [0.1, 0.15) is 0 Å². The van der Waals surface area contributed by atoms with E-state index in [2.05, 4.69) is 9.69 Å². The Hall–Kier alpha value is -7.25. The average molecular weight is 791 g/mol. The first kappa shape index (κ1) is 36.7. The van der Waals surface area contributed by atoms with Gasteiger partial charge in [-0.25, -0.2) is 28.6 Å². The fourth-order valence-electron chi connectivity index (χ4n) is 7.19.